The molecule has 3 N–H and O–H groups in total. The van der Waals surface area contributed by atoms with Gasteiger partial charge in [-0.25, -0.2) is 0 Å². The number of fused-ring (bicyclic) bond motifs is 3. The molecule has 1 aliphatic carbocycles. The molecule has 1 aromatic carbocycles. The normalized spacial score (nSPS) is 29.1. The lowest BCUT2D eigenvalue weighted by atomic mass is 9.95. The number of rotatable bonds is 4. The smallest absolute Gasteiger partial charge is 0.251 e. The van der Waals surface area contributed by atoms with Crippen molar-refractivity contribution in [3.8, 4) is 0 Å². The van der Waals surface area contributed by atoms with Crippen molar-refractivity contribution in [1.82, 2.24) is 10.6 Å². The summed E-state index contributed by atoms with van der Waals surface area (Å²) in [4.78, 5) is 12.5. The molecule has 0 spiro atoms. The maximum Gasteiger partial charge on any atom is 0.251 e. The number of hydrogen-bond acceptors (Lipinski definition) is 4. The molecule has 5 heteroatoms. The second-order valence-electron chi connectivity index (χ2n) is 7.14. The molecular weight excluding hydrogens is 290 g/mol. The van der Waals surface area contributed by atoms with Gasteiger partial charge in [-0.05, 0) is 50.3 Å². The van der Waals surface area contributed by atoms with Crippen molar-refractivity contribution in [3.63, 3.8) is 0 Å². The first kappa shape index (κ1) is 13.4. The van der Waals surface area contributed by atoms with Gasteiger partial charge in [-0.2, -0.15) is 0 Å². The average Bonchev–Trinajstić information content (AvgIpc) is 2.97. The summed E-state index contributed by atoms with van der Waals surface area (Å²) in [5.41, 5.74) is 1.53. The van der Waals surface area contributed by atoms with Gasteiger partial charge in [0.15, 0.2) is 5.88 Å². The monoisotopic (exact) mass is 311 g/mol. The molecule has 3 aliphatic rings. The van der Waals surface area contributed by atoms with E-state index in [2.05, 4.69) is 16.0 Å². The molecule has 1 saturated carbocycles. The minimum Gasteiger partial charge on any atom is -0.441 e. The van der Waals surface area contributed by atoms with Gasteiger partial charge >= 0.3 is 0 Å². The maximum atomic E-state index is 12.5. The number of benzene rings is 1. The van der Waals surface area contributed by atoms with E-state index in [1.54, 1.807) is 0 Å². The van der Waals surface area contributed by atoms with Crippen LogP contribution in [-0.4, -0.2) is 30.1 Å². The zero-order chi connectivity index (χ0) is 15.4. The molecule has 2 aromatic rings. The zero-order valence-electron chi connectivity index (χ0n) is 13.0. The summed E-state index contributed by atoms with van der Waals surface area (Å²) in [7, 11) is 0. The zero-order valence-corrected chi connectivity index (χ0v) is 13.0. The minimum atomic E-state index is 0.0177. The Balaban J connectivity index is 1.33. The molecule has 0 radical (unpaired) electrons. The molecule has 1 aromatic heterocycles. The van der Waals surface area contributed by atoms with Gasteiger partial charge < -0.3 is 20.4 Å². The molecule has 23 heavy (non-hydrogen) atoms. The van der Waals surface area contributed by atoms with E-state index in [1.165, 1.54) is 25.7 Å². The van der Waals surface area contributed by atoms with Crippen LogP contribution in [0.4, 0.5) is 5.88 Å². The molecule has 5 rings (SSSR count). The van der Waals surface area contributed by atoms with Crippen LogP contribution in [0.15, 0.2) is 28.7 Å². The lowest BCUT2D eigenvalue weighted by Crippen LogP contribution is -2.42. The van der Waals surface area contributed by atoms with Gasteiger partial charge in [0.25, 0.3) is 5.91 Å². The maximum absolute atomic E-state index is 12.5. The first-order valence-corrected chi connectivity index (χ1v) is 8.62. The number of amides is 1. The van der Waals surface area contributed by atoms with E-state index in [4.69, 9.17) is 4.42 Å². The highest BCUT2D eigenvalue weighted by Crippen LogP contribution is 2.30. The fraction of sp³-hybridized carbons (Fsp3) is 0.500. The molecule has 120 valence electrons. The predicted octanol–water partition coefficient (Wildman–Crippen LogP) is 2.63. The second kappa shape index (κ2) is 4.99. The molecule has 2 saturated heterocycles. The Morgan fingerprint density at radius 1 is 1.17 bits per heavy atom. The van der Waals surface area contributed by atoms with E-state index in [-0.39, 0.29) is 11.9 Å². The van der Waals surface area contributed by atoms with Gasteiger partial charge in [-0.3, -0.25) is 4.79 Å². The van der Waals surface area contributed by atoms with Gasteiger partial charge in [-0.1, -0.05) is 0 Å². The van der Waals surface area contributed by atoms with Crippen molar-refractivity contribution in [2.24, 2.45) is 0 Å². The van der Waals surface area contributed by atoms with Gasteiger partial charge in [0.05, 0.1) is 0 Å². The average molecular weight is 311 g/mol. The van der Waals surface area contributed by atoms with Crippen LogP contribution < -0.4 is 16.0 Å². The highest BCUT2D eigenvalue weighted by atomic mass is 16.3. The van der Waals surface area contributed by atoms with Crippen LogP contribution in [0, 0.1) is 0 Å². The number of furan rings is 1. The Labute approximate surface area is 134 Å². The fourth-order valence-corrected chi connectivity index (χ4v) is 3.92. The summed E-state index contributed by atoms with van der Waals surface area (Å²) < 4.78 is 5.77. The quantitative estimate of drug-likeness (QED) is 0.812. The molecule has 0 unspecified atom stereocenters. The Morgan fingerprint density at radius 2 is 2.09 bits per heavy atom. The summed E-state index contributed by atoms with van der Waals surface area (Å²) in [6.45, 7) is 0. The first-order valence-electron chi connectivity index (χ1n) is 8.62. The molecule has 3 fully saturated rings. The van der Waals surface area contributed by atoms with E-state index in [1.807, 2.05) is 24.3 Å². The van der Waals surface area contributed by atoms with Crippen LogP contribution in [0.5, 0.6) is 0 Å². The van der Waals surface area contributed by atoms with Gasteiger partial charge in [0.1, 0.15) is 5.58 Å². The number of nitrogens with one attached hydrogen (secondary N) is 3. The van der Waals surface area contributed by atoms with E-state index in [9.17, 15) is 4.79 Å². The largest absolute Gasteiger partial charge is 0.441 e. The number of hydrogen-bond donors (Lipinski definition) is 3. The van der Waals surface area contributed by atoms with Crippen LogP contribution in [0.1, 0.15) is 42.5 Å². The SMILES string of the molecule is O=C(N[C@@H]1C[C@H]2CC[C@@H]1N2)c1ccc2oc(NC3CC3)cc2c1. The third-order valence-corrected chi connectivity index (χ3v) is 5.32. The fourth-order valence-electron chi connectivity index (χ4n) is 3.92. The summed E-state index contributed by atoms with van der Waals surface area (Å²) in [6, 6.07) is 9.53. The molecule has 3 atom stereocenters. The first-order chi connectivity index (χ1) is 11.2. The summed E-state index contributed by atoms with van der Waals surface area (Å²) >= 11 is 0. The summed E-state index contributed by atoms with van der Waals surface area (Å²) in [5, 5.41) is 11.1. The van der Waals surface area contributed by atoms with Crippen LogP contribution >= 0.6 is 0 Å². The molecule has 5 nitrogen and oxygen atoms in total. The van der Waals surface area contributed by atoms with Crippen molar-refractivity contribution in [1.29, 1.82) is 0 Å². The summed E-state index contributed by atoms with van der Waals surface area (Å²) in [6.07, 6.45) is 5.89. The highest BCUT2D eigenvalue weighted by molar-refractivity contribution is 5.98. The third kappa shape index (κ3) is 2.49. The van der Waals surface area contributed by atoms with Crippen LogP contribution in [0.2, 0.25) is 0 Å². The van der Waals surface area contributed by atoms with Gasteiger partial charge in [0, 0.05) is 41.2 Å². The van der Waals surface area contributed by atoms with Gasteiger partial charge in [0.2, 0.25) is 0 Å². The Bertz CT molecular complexity index is 765. The summed E-state index contributed by atoms with van der Waals surface area (Å²) in [5.74, 6) is 0.821. The lowest BCUT2D eigenvalue weighted by Gasteiger charge is -2.21. The molecule has 1 amide bonds. The van der Waals surface area contributed by atoms with E-state index in [0.29, 0.717) is 23.7 Å². The van der Waals surface area contributed by atoms with Crippen molar-refractivity contribution in [2.75, 3.05) is 5.32 Å². The Morgan fingerprint density at radius 3 is 2.83 bits per heavy atom. The van der Waals surface area contributed by atoms with Crippen molar-refractivity contribution < 1.29 is 9.21 Å². The molecular formula is C18H21N3O2. The van der Waals surface area contributed by atoms with Crippen molar-refractivity contribution in [2.45, 2.75) is 56.3 Å². The third-order valence-electron chi connectivity index (χ3n) is 5.32. The Kier molecular flexibility index (Phi) is 2.92. The molecule has 2 aliphatic heterocycles. The van der Waals surface area contributed by atoms with Crippen molar-refractivity contribution >= 4 is 22.8 Å². The number of anilines is 1. The van der Waals surface area contributed by atoms with E-state index >= 15 is 0 Å². The highest BCUT2D eigenvalue weighted by Gasteiger charge is 2.39. The Hall–Kier alpha value is -2.01. The number of carbonyl (C=O) groups excluding carboxylic acids is 1. The van der Waals surface area contributed by atoms with Crippen molar-refractivity contribution in [3.05, 3.63) is 29.8 Å². The number of carbonyl (C=O) groups is 1. The lowest BCUT2D eigenvalue weighted by molar-refractivity contribution is 0.0931. The van der Waals surface area contributed by atoms with E-state index < -0.39 is 0 Å². The molecule has 2 bridgehead atoms. The predicted molar refractivity (Wildman–Crippen MR) is 88.7 cm³/mol. The van der Waals surface area contributed by atoms with E-state index in [0.717, 1.165) is 23.3 Å². The minimum absolute atomic E-state index is 0.0177. The van der Waals surface area contributed by atoms with Crippen LogP contribution in [0.25, 0.3) is 11.0 Å². The second-order valence-corrected chi connectivity index (χ2v) is 7.14. The standard InChI is InChI=1S/C18H21N3O2/c22-18(21-15-9-13-4-5-14(15)19-13)10-1-6-16-11(7-10)8-17(23-16)20-12-2-3-12/h1,6-8,12-15,19-20H,2-5,9H2,(H,21,22)/t13-,14+,15-/m1/s1. The van der Waals surface area contributed by atoms with Crippen LogP contribution in [0.3, 0.4) is 0 Å². The van der Waals surface area contributed by atoms with Crippen LogP contribution in [-0.2, 0) is 0 Å². The topological polar surface area (TPSA) is 66.3 Å². The van der Waals surface area contributed by atoms with Gasteiger partial charge in [-0.15, -0.1) is 0 Å². The molecule has 3 heterocycles.